The van der Waals surface area contributed by atoms with Crippen molar-refractivity contribution in [2.24, 2.45) is 5.41 Å². The smallest absolute Gasteiger partial charge is 0.331 e. The van der Waals surface area contributed by atoms with Crippen LogP contribution in [0.5, 0.6) is 11.8 Å². The van der Waals surface area contributed by atoms with E-state index in [1.807, 2.05) is 20.8 Å². The Morgan fingerprint density at radius 2 is 1.36 bits per heavy atom. The van der Waals surface area contributed by atoms with Crippen LogP contribution in [0.2, 0.25) is 0 Å². The van der Waals surface area contributed by atoms with Crippen LogP contribution in [-0.2, 0) is 29.9 Å². The van der Waals surface area contributed by atoms with Gasteiger partial charge < -0.3 is 14.9 Å². The molecule has 0 saturated carbocycles. The predicted octanol–water partition coefficient (Wildman–Crippen LogP) is 5.61. The number of allylic oxidation sites excluding steroid dienone is 1. The first-order chi connectivity index (χ1) is 18.7. The van der Waals surface area contributed by atoms with Crippen molar-refractivity contribution in [3.05, 3.63) is 46.0 Å². The molecule has 2 aromatic heterocycles. The van der Waals surface area contributed by atoms with Crippen molar-refractivity contribution in [1.82, 2.24) is 18.3 Å². The number of ether oxygens (including phenoxy) is 1. The molecule has 0 aromatic carbocycles. The van der Waals surface area contributed by atoms with Gasteiger partial charge >= 0.3 is 11.4 Å². The number of aryl methyl sites for hydroxylation is 2. The van der Waals surface area contributed by atoms with Gasteiger partial charge in [0.05, 0.1) is 17.9 Å². The number of aromatic hydroxyl groups is 2. The van der Waals surface area contributed by atoms with Gasteiger partial charge in [0, 0.05) is 32.8 Å². The number of hydrogen-bond acceptors (Lipinski definition) is 5. The number of rotatable bonds is 20. The van der Waals surface area contributed by atoms with Gasteiger partial charge in [0.2, 0.25) is 11.8 Å². The molecule has 1 unspecified atom stereocenters. The number of aromatic nitrogens is 4. The van der Waals surface area contributed by atoms with Crippen molar-refractivity contribution in [3.8, 4) is 11.8 Å². The van der Waals surface area contributed by atoms with Gasteiger partial charge in [-0.05, 0) is 64.2 Å². The predicted molar refractivity (Wildman–Crippen MR) is 157 cm³/mol. The molecule has 0 radical (unpaired) electrons. The first-order valence-electron chi connectivity index (χ1n) is 14.9. The molecule has 0 aliphatic carbocycles. The Morgan fingerprint density at radius 3 is 1.85 bits per heavy atom. The maximum atomic E-state index is 12.8. The lowest BCUT2D eigenvalue weighted by Gasteiger charge is -2.32. The highest BCUT2D eigenvalue weighted by Gasteiger charge is 2.31. The minimum absolute atomic E-state index is 0.0155. The van der Waals surface area contributed by atoms with E-state index < -0.39 is 5.54 Å². The molecule has 39 heavy (non-hydrogen) atoms. The molecule has 0 amide bonds. The number of hydrogen-bond donors (Lipinski definition) is 2. The highest BCUT2D eigenvalue weighted by Crippen LogP contribution is 2.37. The summed E-state index contributed by atoms with van der Waals surface area (Å²) in [6, 6.07) is 0. The van der Waals surface area contributed by atoms with Gasteiger partial charge in [-0.3, -0.25) is 18.3 Å². The zero-order chi connectivity index (χ0) is 29.1. The Bertz CT molecular complexity index is 1140. The van der Waals surface area contributed by atoms with Gasteiger partial charge in [0.15, 0.2) is 0 Å². The zero-order valence-electron chi connectivity index (χ0n) is 25.0. The molecular weight excluding hydrogens is 496 g/mol. The molecule has 0 aliphatic heterocycles. The fourth-order valence-electron chi connectivity index (χ4n) is 5.73. The Morgan fingerprint density at radius 1 is 0.795 bits per heavy atom. The fraction of sp³-hybridized carbons (Fsp3) is 0.733. The Balaban J connectivity index is 1.76. The van der Waals surface area contributed by atoms with Crippen LogP contribution in [0, 0.1) is 5.41 Å². The molecule has 0 bridgehead atoms. The summed E-state index contributed by atoms with van der Waals surface area (Å²) in [5.41, 5.74) is -0.801. The van der Waals surface area contributed by atoms with Gasteiger partial charge in [-0.2, -0.15) is 0 Å². The average molecular weight is 549 g/mol. The minimum Gasteiger partial charge on any atom is -0.493 e. The summed E-state index contributed by atoms with van der Waals surface area (Å²) in [4.78, 5) is 25.2. The average Bonchev–Trinajstić information content (AvgIpc) is 3.40. The van der Waals surface area contributed by atoms with Gasteiger partial charge in [0.25, 0.3) is 0 Å². The van der Waals surface area contributed by atoms with Crippen molar-refractivity contribution in [1.29, 1.82) is 0 Å². The van der Waals surface area contributed by atoms with E-state index in [1.54, 1.807) is 10.6 Å². The molecule has 0 fully saturated rings. The molecule has 0 spiro atoms. The second-order valence-corrected chi connectivity index (χ2v) is 10.7. The highest BCUT2D eigenvalue weighted by atomic mass is 16.5. The van der Waals surface area contributed by atoms with Crippen LogP contribution < -0.4 is 11.4 Å². The highest BCUT2D eigenvalue weighted by molar-refractivity contribution is 5.15. The third-order valence-corrected chi connectivity index (χ3v) is 8.84. The summed E-state index contributed by atoms with van der Waals surface area (Å²) in [6.45, 7) is 17.2. The van der Waals surface area contributed by atoms with Crippen LogP contribution in [0.3, 0.4) is 0 Å². The summed E-state index contributed by atoms with van der Waals surface area (Å²) in [5.74, 6) is 0.0298. The van der Waals surface area contributed by atoms with E-state index in [4.69, 9.17) is 4.74 Å². The molecule has 9 heteroatoms. The van der Waals surface area contributed by atoms with Crippen LogP contribution >= 0.6 is 0 Å². The summed E-state index contributed by atoms with van der Waals surface area (Å²) >= 11 is 0. The molecule has 2 rings (SSSR count). The summed E-state index contributed by atoms with van der Waals surface area (Å²) in [6.07, 6.45) is 14.0. The summed E-state index contributed by atoms with van der Waals surface area (Å²) in [5, 5.41) is 20.6. The SMILES string of the molecule is C=CC(CC)(CCCCOCCCCC(CC)(CC)CCn1c(O)cn(CC)c1=O)n1c(O)cn(CC)c1=O. The molecule has 1 atom stereocenters. The maximum Gasteiger partial charge on any atom is 0.331 e. The third kappa shape index (κ3) is 7.71. The molecular formula is C30H52N4O5. The van der Waals surface area contributed by atoms with Crippen molar-refractivity contribution in [2.75, 3.05) is 13.2 Å². The number of unbranched alkanes of at least 4 members (excludes halogenated alkanes) is 2. The van der Waals surface area contributed by atoms with Gasteiger partial charge in [0.1, 0.15) is 0 Å². The van der Waals surface area contributed by atoms with Crippen LogP contribution in [0.25, 0.3) is 0 Å². The quantitative estimate of drug-likeness (QED) is 0.165. The maximum absolute atomic E-state index is 12.8. The second-order valence-electron chi connectivity index (χ2n) is 10.7. The number of nitrogens with zero attached hydrogens (tertiary/aromatic N) is 4. The normalized spacial score (nSPS) is 13.6. The minimum atomic E-state index is -0.605. The topological polar surface area (TPSA) is 104 Å². The van der Waals surface area contributed by atoms with E-state index in [0.29, 0.717) is 45.7 Å². The van der Waals surface area contributed by atoms with E-state index in [1.165, 1.54) is 26.1 Å². The lowest BCUT2D eigenvalue weighted by atomic mass is 9.75. The summed E-state index contributed by atoms with van der Waals surface area (Å²) in [7, 11) is 0. The number of imidazole rings is 2. The molecule has 2 heterocycles. The molecule has 222 valence electrons. The van der Waals surface area contributed by atoms with Gasteiger partial charge in [-0.1, -0.05) is 46.1 Å². The first kappa shape index (κ1) is 32.5. The second kappa shape index (κ2) is 15.2. The first-order valence-corrected chi connectivity index (χ1v) is 14.9. The molecule has 0 saturated heterocycles. The van der Waals surface area contributed by atoms with Gasteiger partial charge in [-0.25, -0.2) is 9.59 Å². The van der Waals surface area contributed by atoms with Crippen molar-refractivity contribution in [2.45, 2.75) is 124 Å². The summed E-state index contributed by atoms with van der Waals surface area (Å²) < 4.78 is 11.9. The fourth-order valence-corrected chi connectivity index (χ4v) is 5.73. The van der Waals surface area contributed by atoms with Gasteiger partial charge in [-0.15, -0.1) is 6.58 Å². The van der Waals surface area contributed by atoms with Crippen LogP contribution in [-0.4, -0.2) is 41.7 Å². The van der Waals surface area contributed by atoms with Crippen LogP contribution in [0.1, 0.15) is 98.8 Å². The monoisotopic (exact) mass is 548 g/mol. The molecule has 2 aromatic rings. The molecule has 2 N–H and O–H groups in total. The van der Waals surface area contributed by atoms with E-state index in [2.05, 4.69) is 20.4 Å². The van der Waals surface area contributed by atoms with Crippen LogP contribution in [0.4, 0.5) is 0 Å². The Hall–Kier alpha value is -2.68. The van der Waals surface area contributed by atoms with Crippen molar-refractivity contribution >= 4 is 0 Å². The standard InChI is InChI=1S/C30H52N4O5/c1-7-29(8-2,19-20-33-25(35)23-31(11-5)27(33)37)17-13-15-21-39-22-16-14-18-30(9-3,10-4)34-26(36)24-32(12-6)28(34)38/h9,23-24,35-36H,3,7-8,10-22H2,1-2,4-6H3. The van der Waals surface area contributed by atoms with E-state index >= 15 is 0 Å². The van der Waals surface area contributed by atoms with Crippen molar-refractivity contribution < 1.29 is 14.9 Å². The van der Waals surface area contributed by atoms with E-state index in [0.717, 1.165) is 51.4 Å². The van der Waals surface area contributed by atoms with E-state index in [-0.39, 0.29) is 28.6 Å². The lowest BCUT2D eigenvalue weighted by molar-refractivity contribution is 0.116. The Labute approximate surface area is 233 Å². The zero-order valence-corrected chi connectivity index (χ0v) is 25.0. The largest absolute Gasteiger partial charge is 0.493 e. The van der Waals surface area contributed by atoms with Crippen LogP contribution in [0.15, 0.2) is 34.6 Å². The third-order valence-electron chi connectivity index (χ3n) is 8.84. The molecule has 9 nitrogen and oxygen atoms in total. The molecule has 0 aliphatic rings. The van der Waals surface area contributed by atoms with E-state index in [9.17, 15) is 19.8 Å². The lowest BCUT2D eigenvalue weighted by Crippen LogP contribution is -2.39. The van der Waals surface area contributed by atoms with Crippen molar-refractivity contribution in [3.63, 3.8) is 0 Å². The Kier molecular flexibility index (Phi) is 12.7.